The van der Waals surface area contributed by atoms with Gasteiger partial charge in [-0.2, -0.15) is 0 Å². The fourth-order valence-electron chi connectivity index (χ4n) is 4.95. The molecule has 1 aromatic carbocycles. The Kier molecular flexibility index (Phi) is 4.68. The Morgan fingerprint density at radius 1 is 1.12 bits per heavy atom. The van der Waals surface area contributed by atoms with Crippen molar-refractivity contribution in [3.05, 3.63) is 52.8 Å². The number of pyridine rings is 1. The molecule has 1 aromatic heterocycles. The molecule has 1 unspecified atom stereocenters. The van der Waals surface area contributed by atoms with Crippen molar-refractivity contribution in [2.45, 2.75) is 39.3 Å². The minimum atomic E-state index is -0.479. The van der Waals surface area contributed by atoms with Crippen LogP contribution in [-0.2, 0) is 4.74 Å². The fraction of sp³-hybridized carbons (Fsp3) is 0.458. The van der Waals surface area contributed by atoms with Crippen molar-refractivity contribution in [1.29, 1.82) is 0 Å². The number of halogens is 1. The topological polar surface area (TPSA) is 66.0 Å². The van der Waals surface area contributed by atoms with Crippen LogP contribution in [0, 0.1) is 5.41 Å². The number of ether oxygens (including phenoxy) is 1. The largest absolute Gasteiger partial charge is 0.444 e. The SMILES string of the molecule is CC1c2cc(Cl)ccc2C(=O)N1c1cncc(N2CC3(CN(C(=O)OC(C)(C)C)C3)C2)c1. The number of rotatable bonds is 2. The monoisotopic (exact) mass is 454 g/mol. The Morgan fingerprint density at radius 3 is 2.50 bits per heavy atom. The molecule has 168 valence electrons. The molecule has 2 amide bonds. The zero-order valence-electron chi connectivity index (χ0n) is 18.8. The Hall–Kier alpha value is -2.80. The number of fused-ring (bicyclic) bond motifs is 1. The lowest BCUT2D eigenvalue weighted by atomic mass is 9.73. The molecule has 3 aliphatic rings. The van der Waals surface area contributed by atoms with Gasteiger partial charge in [0.15, 0.2) is 0 Å². The van der Waals surface area contributed by atoms with Crippen molar-refractivity contribution in [3.8, 4) is 0 Å². The summed E-state index contributed by atoms with van der Waals surface area (Å²) in [5.41, 5.74) is 3.03. The zero-order valence-corrected chi connectivity index (χ0v) is 19.5. The molecule has 7 nitrogen and oxygen atoms in total. The van der Waals surface area contributed by atoms with Crippen LogP contribution in [0.5, 0.6) is 0 Å². The predicted octanol–water partition coefficient (Wildman–Crippen LogP) is 4.51. The second-order valence-corrected chi connectivity index (χ2v) is 10.6. The molecule has 2 aromatic rings. The minimum Gasteiger partial charge on any atom is -0.444 e. The van der Waals surface area contributed by atoms with E-state index >= 15 is 0 Å². The number of carbonyl (C=O) groups is 2. The van der Waals surface area contributed by atoms with Crippen molar-refractivity contribution in [2.75, 3.05) is 36.0 Å². The summed E-state index contributed by atoms with van der Waals surface area (Å²) in [6, 6.07) is 7.32. The van der Waals surface area contributed by atoms with Gasteiger partial charge in [-0.15, -0.1) is 0 Å². The zero-order chi connectivity index (χ0) is 22.8. The van der Waals surface area contributed by atoms with Gasteiger partial charge in [0.05, 0.1) is 29.8 Å². The van der Waals surface area contributed by atoms with Gasteiger partial charge in [0.1, 0.15) is 5.60 Å². The molecule has 0 bridgehead atoms. The predicted molar refractivity (Wildman–Crippen MR) is 123 cm³/mol. The molecule has 8 heteroatoms. The Bertz CT molecular complexity index is 1100. The molecule has 4 heterocycles. The van der Waals surface area contributed by atoms with Crippen molar-refractivity contribution < 1.29 is 14.3 Å². The highest BCUT2D eigenvalue weighted by Crippen LogP contribution is 2.44. The molecule has 3 aliphatic heterocycles. The standard InChI is InChI=1S/C24H27ClN4O3/c1-15-20-7-16(25)5-6-19(20)21(30)29(15)18-8-17(9-26-10-18)27-11-24(12-27)13-28(14-24)22(31)32-23(2,3)4/h5-10,15H,11-14H2,1-4H3. The van der Waals surface area contributed by atoms with E-state index in [1.54, 1.807) is 28.1 Å². The van der Waals surface area contributed by atoms with Gasteiger partial charge in [-0.3, -0.25) is 14.7 Å². The molecule has 2 fully saturated rings. The van der Waals surface area contributed by atoms with E-state index in [0.717, 1.165) is 30.0 Å². The van der Waals surface area contributed by atoms with E-state index in [1.165, 1.54) is 0 Å². The summed E-state index contributed by atoms with van der Waals surface area (Å²) >= 11 is 6.15. The van der Waals surface area contributed by atoms with Crippen LogP contribution in [-0.4, -0.2) is 53.7 Å². The molecule has 2 saturated heterocycles. The van der Waals surface area contributed by atoms with Crippen LogP contribution >= 0.6 is 11.6 Å². The number of nitrogens with zero attached hydrogens (tertiary/aromatic N) is 4. The summed E-state index contributed by atoms with van der Waals surface area (Å²) < 4.78 is 5.46. The number of likely N-dealkylation sites (tertiary alicyclic amines) is 1. The number of anilines is 2. The first-order chi connectivity index (χ1) is 15.1. The number of hydrogen-bond acceptors (Lipinski definition) is 5. The number of carbonyl (C=O) groups excluding carboxylic acids is 2. The Morgan fingerprint density at radius 2 is 1.81 bits per heavy atom. The summed E-state index contributed by atoms with van der Waals surface area (Å²) in [5, 5.41) is 0.629. The molecule has 32 heavy (non-hydrogen) atoms. The molecule has 0 aliphatic carbocycles. The third-order valence-corrected chi connectivity index (χ3v) is 6.64. The van der Waals surface area contributed by atoms with Crippen molar-refractivity contribution in [2.24, 2.45) is 5.41 Å². The van der Waals surface area contributed by atoms with Crippen molar-refractivity contribution >= 4 is 35.0 Å². The first kappa shape index (κ1) is 21.1. The minimum absolute atomic E-state index is 0.0322. The maximum atomic E-state index is 13.0. The summed E-state index contributed by atoms with van der Waals surface area (Å²) in [6.45, 7) is 10.8. The highest BCUT2D eigenvalue weighted by molar-refractivity contribution is 6.31. The first-order valence-electron chi connectivity index (χ1n) is 10.9. The molecule has 0 saturated carbocycles. The summed E-state index contributed by atoms with van der Waals surface area (Å²) in [6.07, 6.45) is 3.32. The van der Waals surface area contributed by atoms with Crippen LogP contribution in [0.15, 0.2) is 36.7 Å². The van der Waals surface area contributed by atoms with Gasteiger partial charge in [-0.1, -0.05) is 11.6 Å². The number of benzene rings is 1. The third kappa shape index (κ3) is 3.48. The summed E-state index contributed by atoms with van der Waals surface area (Å²) in [7, 11) is 0. The molecule has 0 N–H and O–H groups in total. The van der Waals surface area contributed by atoms with Crippen molar-refractivity contribution in [3.63, 3.8) is 0 Å². The second kappa shape index (κ2) is 7.10. The van der Waals surface area contributed by atoms with Crippen LogP contribution in [0.2, 0.25) is 5.02 Å². The first-order valence-corrected chi connectivity index (χ1v) is 11.2. The van der Waals surface area contributed by atoms with Crippen LogP contribution in [0.4, 0.5) is 16.2 Å². The Balaban J connectivity index is 1.25. The lowest BCUT2D eigenvalue weighted by Gasteiger charge is -2.60. The van der Waals surface area contributed by atoms with Gasteiger partial charge in [0.25, 0.3) is 5.91 Å². The Labute approximate surface area is 192 Å². The molecule has 5 rings (SSSR count). The summed E-state index contributed by atoms with van der Waals surface area (Å²) in [4.78, 5) is 35.5. The number of aromatic nitrogens is 1. The van der Waals surface area contributed by atoms with Crippen molar-refractivity contribution in [1.82, 2.24) is 9.88 Å². The molecule has 0 radical (unpaired) electrons. The fourth-order valence-corrected chi connectivity index (χ4v) is 5.13. The van der Waals surface area contributed by atoms with Gasteiger partial charge < -0.3 is 14.5 Å². The lowest BCUT2D eigenvalue weighted by Crippen LogP contribution is -2.73. The number of hydrogen-bond donors (Lipinski definition) is 0. The van der Waals surface area contributed by atoms with Gasteiger partial charge >= 0.3 is 6.09 Å². The highest BCUT2D eigenvalue weighted by Gasteiger charge is 2.54. The van der Waals surface area contributed by atoms with Crippen LogP contribution in [0.3, 0.4) is 0 Å². The third-order valence-electron chi connectivity index (χ3n) is 6.41. The van der Waals surface area contributed by atoms with E-state index in [2.05, 4.69) is 9.88 Å². The highest BCUT2D eigenvalue weighted by atomic mass is 35.5. The van der Waals surface area contributed by atoms with Gasteiger partial charge in [-0.05, 0) is 57.5 Å². The smallest absolute Gasteiger partial charge is 0.410 e. The van der Waals surface area contributed by atoms with Crippen LogP contribution in [0.1, 0.15) is 49.7 Å². The van der Waals surface area contributed by atoms with Gasteiger partial charge in [0.2, 0.25) is 0 Å². The van der Waals surface area contributed by atoms with E-state index in [9.17, 15) is 9.59 Å². The van der Waals surface area contributed by atoms with Crippen LogP contribution in [0.25, 0.3) is 0 Å². The normalized spacial score (nSPS) is 21.3. The lowest BCUT2D eigenvalue weighted by molar-refractivity contribution is -0.0453. The molecular weight excluding hydrogens is 428 g/mol. The van der Waals surface area contributed by atoms with E-state index in [-0.39, 0.29) is 23.5 Å². The molecule has 1 atom stereocenters. The van der Waals surface area contributed by atoms with Gasteiger partial charge in [0, 0.05) is 42.2 Å². The second-order valence-electron chi connectivity index (χ2n) is 10.2. The molecule has 1 spiro atoms. The van der Waals surface area contributed by atoms with E-state index < -0.39 is 5.60 Å². The summed E-state index contributed by atoms with van der Waals surface area (Å²) in [5.74, 6) is -0.0322. The molecular formula is C24H27ClN4O3. The van der Waals surface area contributed by atoms with E-state index in [0.29, 0.717) is 23.7 Å². The maximum Gasteiger partial charge on any atom is 0.410 e. The maximum absolute atomic E-state index is 13.0. The average molecular weight is 455 g/mol. The van der Waals surface area contributed by atoms with E-state index in [4.69, 9.17) is 16.3 Å². The van der Waals surface area contributed by atoms with Gasteiger partial charge in [-0.25, -0.2) is 4.79 Å². The average Bonchev–Trinajstić information content (AvgIpc) is 2.88. The van der Waals surface area contributed by atoms with E-state index in [1.807, 2.05) is 46.0 Å². The quantitative estimate of drug-likeness (QED) is 0.667. The number of amides is 2. The van der Waals surface area contributed by atoms with Crippen LogP contribution < -0.4 is 9.80 Å².